The van der Waals surface area contributed by atoms with Gasteiger partial charge in [-0.05, 0) is 24.5 Å². The monoisotopic (exact) mass is 337 g/mol. The van der Waals surface area contributed by atoms with Gasteiger partial charge in [0.1, 0.15) is 5.75 Å². The van der Waals surface area contributed by atoms with Crippen LogP contribution in [0.2, 0.25) is 0 Å². The molecule has 1 heterocycles. The zero-order valence-electron chi connectivity index (χ0n) is 14.2. The van der Waals surface area contributed by atoms with Gasteiger partial charge in [-0.3, -0.25) is 4.79 Å². The Hall–Kier alpha value is -2.33. The molecule has 1 atom stereocenters. The predicted octanol–water partition coefficient (Wildman–Crippen LogP) is 3.55. The molecule has 4 rings (SSSR count). The smallest absolute Gasteiger partial charge is 0.230 e. The Morgan fingerprint density at radius 3 is 2.56 bits per heavy atom. The summed E-state index contributed by atoms with van der Waals surface area (Å²) in [6.07, 6.45) is 3.54. The summed E-state index contributed by atoms with van der Waals surface area (Å²) in [6.45, 7) is 0.877. The van der Waals surface area contributed by atoms with E-state index in [9.17, 15) is 4.79 Å². The highest BCUT2D eigenvalue weighted by Gasteiger charge is 2.42. The van der Waals surface area contributed by atoms with Crippen molar-refractivity contribution in [2.24, 2.45) is 0 Å². The van der Waals surface area contributed by atoms with E-state index < -0.39 is 11.7 Å². The van der Waals surface area contributed by atoms with E-state index in [-0.39, 0.29) is 5.91 Å². The highest BCUT2D eigenvalue weighted by molar-refractivity contribution is 5.88. The van der Waals surface area contributed by atoms with Gasteiger partial charge in [0.25, 0.3) is 0 Å². The molecule has 0 spiro atoms. The lowest BCUT2D eigenvalue weighted by atomic mass is 9.78. The second kappa shape index (κ2) is 6.89. The molecule has 0 saturated heterocycles. The quantitative estimate of drug-likeness (QED) is 0.928. The number of carbonyl (C=O) groups excluding carboxylic acids is 1. The number of ether oxygens (including phenoxy) is 2. The van der Waals surface area contributed by atoms with Crippen molar-refractivity contribution in [3.05, 3.63) is 65.7 Å². The third-order valence-corrected chi connectivity index (χ3v) is 5.30. The largest absolute Gasteiger partial charge is 0.463 e. The summed E-state index contributed by atoms with van der Waals surface area (Å²) in [4.78, 5) is 13.0. The van der Waals surface area contributed by atoms with Crippen LogP contribution in [0.5, 0.6) is 5.75 Å². The van der Waals surface area contributed by atoms with Crippen molar-refractivity contribution in [1.29, 1.82) is 0 Å². The van der Waals surface area contributed by atoms with Crippen molar-refractivity contribution in [2.75, 3.05) is 6.54 Å². The number of carbonyl (C=O) groups is 1. The fraction of sp³-hybridized carbons (Fsp3) is 0.381. The predicted molar refractivity (Wildman–Crippen MR) is 95.2 cm³/mol. The van der Waals surface area contributed by atoms with E-state index in [0.717, 1.165) is 42.6 Å². The second-order valence-corrected chi connectivity index (χ2v) is 6.83. The van der Waals surface area contributed by atoms with Crippen LogP contribution in [0.15, 0.2) is 54.6 Å². The van der Waals surface area contributed by atoms with Gasteiger partial charge in [-0.25, -0.2) is 0 Å². The zero-order valence-corrected chi connectivity index (χ0v) is 14.2. The highest BCUT2D eigenvalue weighted by atomic mass is 16.7. The Kier molecular flexibility index (Phi) is 4.45. The van der Waals surface area contributed by atoms with Gasteiger partial charge < -0.3 is 14.8 Å². The molecule has 4 nitrogen and oxygen atoms in total. The van der Waals surface area contributed by atoms with E-state index in [4.69, 9.17) is 9.47 Å². The van der Waals surface area contributed by atoms with E-state index in [2.05, 4.69) is 17.4 Å². The van der Waals surface area contributed by atoms with Crippen molar-refractivity contribution < 1.29 is 14.3 Å². The summed E-state index contributed by atoms with van der Waals surface area (Å²) >= 11 is 0. The molecule has 0 aromatic heterocycles. The van der Waals surface area contributed by atoms with Crippen LogP contribution < -0.4 is 10.1 Å². The van der Waals surface area contributed by atoms with Crippen LogP contribution in [0, 0.1) is 0 Å². The van der Waals surface area contributed by atoms with E-state index in [1.807, 2.05) is 42.5 Å². The molecule has 1 aliphatic carbocycles. The van der Waals surface area contributed by atoms with E-state index in [1.165, 1.54) is 0 Å². The zero-order chi connectivity index (χ0) is 17.1. The molecular formula is C21H23NO3. The van der Waals surface area contributed by atoms with E-state index in [1.54, 1.807) is 0 Å². The number of fused-ring (bicyclic) bond motifs is 1. The lowest BCUT2D eigenvalue weighted by molar-refractivity contribution is -0.133. The van der Waals surface area contributed by atoms with E-state index in [0.29, 0.717) is 13.2 Å². The van der Waals surface area contributed by atoms with Crippen LogP contribution in [0.4, 0.5) is 0 Å². The second-order valence-electron chi connectivity index (χ2n) is 6.83. The fourth-order valence-corrected chi connectivity index (χ4v) is 3.92. The Labute approximate surface area is 148 Å². The average molecular weight is 337 g/mol. The number of hydrogen-bond donors (Lipinski definition) is 1. The molecule has 0 bridgehead atoms. The molecule has 2 aliphatic rings. The number of rotatable bonds is 4. The first-order valence-corrected chi connectivity index (χ1v) is 8.98. The summed E-state index contributed by atoms with van der Waals surface area (Å²) < 4.78 is 11.6. The third kappa shape index (κ3) is 3.14. The fourth-order valence-electron chi connectivity index (χ4n) is 3.92. The number of benzene rings is 2. The molecule has 0 radical (unpaired) electrons. The van der Waals surface area contributed by atoms with Gasteiger partial charge in [0.2, 0.25) is 12.2 Å². The maximum atomic E-state index is 13.0. The average Bonchev–Trinajstić information content (AvgIpc) is 3.18. The van der Waals surface area contributed by atoms with E-state index >= 15 is 0 Å². The van der Waals surface area contributed by atoms with Crippen LogP contribution in [0.1, 0.15) is 36.8 Å². The van der Waals surface area contributed by atoms with Crippen LogP contribution in [-0.2, 0) is 21.6 Å². The standard InChI is InChI=1S/C21H23NO3/c23-20(21(12-6-7-13-21)17-9-2-1-3-10-17)22-14-19-24-15-16-8-4-5-11-18(16)25-19/h1-5,8-11,19H,6-7,12-15H2,(H,22,23). The van der Waals surface area contributed by atoms with Gasteiger partial charge in [0.15, 0.2) is 0 Å². The summed E-state index contributed by atoms with van der Waals surface area (Å²) in [6, 6.07) is 18.0. The molecule has 130 valence electrons. The Balaban J connectivity index is 1.43. The van der Waals surface area contributed by atoms with Gasteiger partial charge in [-0.15, -0.1) is 0 Å². The number of nitrogens with one attached hydrogen (secondary N) is 1. The molecule has 1 saturated carbocycles. The molecule has 4 heteroatoms. The lowest BCUT2D eigenvalue weighted by Crippen LogP contribution is -2.47. The molecule has 1 unspecified atom stereocenters. The third-order valence-electron chi connectivity index (χ3n) is 5.30. The summed E-state index contributed by atoms with van der Waals surface area (Å²) in [5.41, 5.74) is 1.75. The topological polar surface area (TPSA) is 47.6 Å². The molecule has 2 aromatic carbocycles. The summed E-state index contributed by atoms with van der Waals surface area (Å²) in [5, 5.41) is 3.08. The normalized spacial score (nSPS) is 21.2. The first-order chi connectivity index (χ1) is 12.3. The first-order valence-electron chi connectivity index (χ1n) is 8.98. The minimum Gasteiger partial charge on any atom is -0.463 e. The maximum Gasteiger partial charge on any atom is 0.230 e. The summed E-state index contributed by atoms with van der Waals surface area (Å²) in [5.74, 6) is 0.925. The molecule has 1 amide bonds. The minimum atomic E-state index is -0.437. The number of para-hydroxylation sites is 1. The molecule has 2 aromatic rings. The van der Waals surface area contributed by atoms with Gasteiger partial charge in [0.05, 0.1) is 18.6 Å². The summed E-state index contributed by atoms with van der Waals surface area (Å²) in [7, 11) is 0. The number of hydrogen-bond acceptors (Lipinski definition) is 3. The molecule has 1 N–H and O–H groups in total. The minimum absolute atomic E-state index is 0.0854. The van der Waals surface area contributed by atoms with Crippen molar-refractivity contribution >= 4 is 5.91 Å². The van der Waals surface area contributed by atoms with Crippen molar-refractivity contribution in [2.45, 2.75) is 44.0 Å². The van der Waals surface area contributed by atoms with Gasteiger partial charge in [0, 0.05) is 5.56 Å². The van der Waals surface area contributed by atoms with Crippen LogP contribution in [-0.4, -0.2) is 18.7 Å². The van der Waals surface area contributed by atoms with Gasteiger partial charge in [-0.2, -0.15) is 0 Å². The molecule has 1 fully saturated rings. The Bertz CT molecular complexity index is 738. The Morgan fingerprint density at radius 2 is 1.76 bits per heavy atom. The maximum absolute atomic E-state index is 13.0. The van der Waals surface area contributed by atoms with Gasteiger partial charge >= 0.3 is 0 Å². The lowest BCUT2D eigenvalue weighted by Gasteiger charge is -2.31. The van der Waals surface area contributed by atoms with Crippen LogP contribution in [0.25, 0.3) is 0 Å². The van der Waals surface area contributed by atoms with Gasteiger partial charge in [-0.1, -0.05) is 61.4 Å². The van der Waals surface area contributed by atoms with Crippen molar-refractivity contribution in [3.63, 3.8) is 0 Å². The van der Waals surface area contributed by atoms with Crippen LogP contribution in [0.3, 0.4) is 0 Å². The van der Waals surface area contributed by atoms with Crippen LogP contribution >= 0.6 is 0 Å². The first kappa shape index (κ1) is 16.2. The van der Waals surface area contributed by atoms with Crippen molar-refractivity contribution in [1.82, 2.24) is 5.32 Å². The highest BCUT2D eigenvalue weighted by Crippen LogP contribution is 2.41. The molecule has 1 aliphatic heterocycles. The Morgan fingerprint density at radius 1 is 1.04 bits per heavy atom. The van der Waals surface area contributed by atoms with Crippen molar-refractivity contribution in [3.8, 4) is 5.75 Å². The molecular weight excluding hydrogens is 314 g/mol. The number of amides is 1. The SMILES string of the molecule is O=C(NCC1OCc2ccccc2O1)C1(c2ccccc2)CCCC1. The molecule has 25 heavy (non-hydrogen) atoms.